The lowest BCUT2D eigenvalue weighted by Crippen LogP contribution is -2.29. The number of H-pyrrole nitrogens is 1. The van der Waals surface area contributed by atoms with E-state index < -0.39 is 0 Å². The summed E-state index contributed by atoms with van der Waals surface area (Å²) in [4.78, 5) is 25.7. The highest BCUT2D eigenvalue weighted by Gasteiger charge is 2.30. The molecule has 1 aromatic carbocycles. The lowest BCUT2D eigenvalue weighted by Gasteiger charge is -2.19. The number of carbonyl (C=O) groups excluding carboxylic acids is 1. The fourth-order valence-electron chi connectivity index (χ4n) is 3.38. The summed E-state index contributed by atoms with van der Waals surface area (Å²) in [5.74, 6) is 1.02. The van der Waals surface area contributed by atoms with Crippen LogP contribution in [-0.4, -0.2) is 58.2 Å². The first-order chi connectivity index (χ1) is 12.1. The lowest BCUT2D eigenvalue weighted by atomic mass is 10.1. The molecule has 7 nitrogen and oxygen atoms in total. The van der Waals surface area contributed by atoms with Crippen LogP contribution in [0, 0.1) is 0 Å². The molecule has 4 rings (SSSR count). The van der Waals surface area contributed by atoms with E-state index in [1.807, 2.05) is 54.2 Å². The third-order valence-corrected chi connectivity index (χ3v) is 4.69. The molecular weight excluding hydrogens is 316 g/mol. The molecule has 128 valence electrons. The number of carbonyl (C=O) groups is 1. The molecule has 3 aromatic rings. The van der Waals surface area contributed by atoms with Gasteiger partial charge in [-0.05, 0) is 18.6 Å². The van der Waals surface area contributed by atoms with Crippen molar-refractivity contribution in [3.05, 3.63) is 48.2 Å². The molecule has 1 amide bonds. The number of hydrogen-bond acceptors (Lipinski definition) is 5. The molecule has 1 unspecified atom stereocenters. The molecule has 0 saturated carbocycles. The van der Waals surface area contributed by atoms with Crippen molar-refractivity contribution in [2.45, 2.75) is 12.3 Å². The zero-order valence-corrected chi connectivity index (χ0v) is 14.3. The number of nitrogens with zero attached hydrogens (tertiary/aromatic N) is 5. The molecule has 1 fully saturated rings. The maximum absolute atomic E-state index is 13.0. The number of likely N-dealkylation sites (tertiary alicyclic amines) is 1. The van der Waals surface area contributed by atoms with Gasteiger partial charge in [0.15, 0.2) is 0 Å². The van der Waals surface area contributed by atoms with E-state index in [1.54, 1.807) is 0 Å². The van der Waals surface area contributed by atoms with Gasteiger partial charge in [-0.3, -0.25) is 9.89 Å². The van der Waals surface area contributed by atoms with E-state index in [9.17, 15) is 4.79 Å². The van der Waals surface area contributed by atoms with Crippen LogP contribution in [0.4, 0.5) is 5.69 Å². The molecule has 0 spiro atoms. The van der Waals surface area contributed by atoms with Crippen LogP contribution in [0.3, 0.4) is 0 Å². The minimum Gasteiger partial charge on any atom is -0.377 e. The molecule has 1 aliphatic heterocycles. The smallest absolute Gasteiger partial charge is 0.272 e. The zero-order valence-electron chi connectivity index (χ0n) is 14.3. The van der Waals surface area contributed by atoms with E-state index in [2.05, 4.69) is 20.2 Å². The predicted molar refractivity (Wildman–Crippen MR) is 95.7 cm³/mol. The maximum atomic E-state index is 13.0. The molecule has 1 atom stereocenters. The Morgan fingerprint density at radius 2 is 2.16 bits per heavy atom. The van der Waals surface area contributed by atoms with Crippen LogP contribution in [-0.2, 0) is 0 Å². The van der Waals surface area contributed by atoms with Crippen molar-refractivity contribution in [1.82, 2.24) is 25.1 Å². The highest BCUT2D eigenvalue weighted by atomic mass is 16.2. The van der Waals surface area contributed by atoms with Crippen LogP contribution >= 0.6 is 0 Å². The number of nitrogens with one attached hydrogen (secondary N) is 1. The van der Waals surface area contributed by atoms with Crippen LogP contribution in [0.2, 0.25) is 0 Å². The summed E-state index contributed by atoms with van der Waals surface area (Å²) >= 11 is 0. The Bertz CT molecular complexity index is 905. The average molecular weight is 336 g/mol. The second-order valence-corrected chi connectivity index (χ2v) is 6.55. The van der Waals surface area contributed by atoms with Crippen LogP contribution in [0.25, 0.3) is 10.9 Å². The molecule has 1 N–H and O–H groups in total. The van der Waals surface area contributed by atoms with Crippen molar-refractivity contribution in [3.8, 4) is 0 Å². The van der Waals surface area contributed by atoms with Gasteiger partial charge < -0.3 is 9.80 Å². The summed E-state index contributed by atoms with van der Waals surface area (Å²) in [6.07, 6.45) is 2.39. The molecule has 25 heavy (non-hydrogen) atoms. The van der Waals surface area contributed by atoms with Gasteiger partial charge >= 0.3 is 0 Å². The summed E-state index contributed by atoms with van der Waals surface area (Å²) in [6.45, 7) is 1.34. The highest BCUT2D eigenvalue weighted by molar-refractivity contribution is 6.00. The van der Waals surface area contributed by atoms with E-state index in [1.165, 1.54) is 6.33 Å². The summed E-state index contributed by atoms with van der Waals surface area (Å²) in [6, 6.07) is 9.79. The highest BCUT2D eigenvalue weighted by Crippen LogP contribution is 2.28. The topological polar surface area (TPSA) is 78.0 Å². The normalized spacial score (nSPS) is 17.2. The van der Waals surface area contributed by atoms with Gasteiger partial charge in [0.05, 0.1) is 5.52 Å². The number of pyridine rings is 1. The third-order valence-electron chi connectivity index (χ3n) is 4.69. The monoisotopic (exact) mass is 336 g/mol. The molecule has 2 aromatic heterocycles. The van der Waals surface area contributed by atoms with E-state index in [-0.39, 0.29) is 11.8 Å². The summed E-state index contributed by atoms with van der Waals surface area (Å²) < 4.78 is 0. The van der Waals surface area contributed by atoms with Crippen molar-refractivity contribution in [1.29, 1.82) is 0 Å². The quantitative estimate of drug-likeness (QED) is 0.792. The van der Waals surface area contributed by atoms with Crippen LogP contribution in [0.1, 0.15) is 28.7 Å². The van der Waals surface area contributed by atoms with Crippen molar-refractivity contribution >= 4 is 22.5 Å². The Labute approximate surface area is 145 Å². The summed E-state index contributed by atoms with van der Waals surface area (Å²) in [7, 11) is 3.96. The van der Waals surface area contributed by atoms with Crippen molar-refractivity contribution in [2.75, 3.05) is 32.1 Å². The number of aromatic amines is 1. The number of aromatic nitrogens is 4. The van der Waals surface area contributed by atoms with Crippen LogP contribution in [0.15, 0.2) is 36.7 Å². The SMILES string of the molecule is CN(C)c1cc(C(=O)N2CCC(c3ncn[nH]3)C2)nc2ccccc12. The van der Waals surface area contributed by atoms with Gasteiger partial charge in [-0.15, -0.1) is 0 Å². The van der Waals surface area contributed by atoms with Gasteiger partial charge in [-0.2, -0.15) is 5.10 Å². The van der Waals surface area contributed by atoms with E-state index >= 15 is 0 Å². The summed E-state index contributed by atoms with van der Waals surface area (Å²) in [5.41, 5.74) is 2.32. The van der Waals surface area contributed by atoms with Crippen molar-refractivity contribution < 1.29 is 4.79 Å². The van der Waals surface area contributed by atoms with Gasteiger partial charge in [-0.1, -0.05) is 18.2 Å². The van der Waals surface area contributed by atoms with Crippen molar-refractivity contribution in [2.24, 2.45) is 0 Å². The second kappa shape index (κ2) is 6.16. The molecule has 0 radical (unpaired) electrons. The number of amides is 1. The van der Waals surface area contributed by atoms with E-state index in [4.69, 9.17) is 0 Å². The predicted octanol–water partition coefficient (Wildman–Crippen LogP) is 2.05. The average Bonchev–Trinajstić information content (AvgIpc) is 3.31. The van der Waals surface area contributed by atoms with Gasteiger partial charge in [0.25, 0.3) is 5.91 Å². The van der Waals surface area contributed by atoms with E-state index in [0.29, 0.717) is 18.8 Å². The minimum atomic E-state index is -0.0316. The fourth-order valence-corrected chi connectivity index (χ4v) is 3.38. The van der Waals surface area contributed by atoms with Gasteiger partial charge in [0.1, 0.15) is 17.8 Å². The Morgan fingerprint density at radius 3 is 2.92 bits per heavy atom. The first-order valence-corrected chi connectivity index (χ1v) is 8.35. The Kier molecular flexibility index (Phi) is 3.83. The minimum absolute atomic E-state index is 0.0316. The number of benzene rings is 1. The number of fused-ring (bicyclic) bond motifs is 1. The molecule has 1 aliphatic rings. The van der Waals surface area contributed by atoms with Gasteiger partial charge in [-0.25, -0.2) is 9.97 Å². The number of para-hydroxylation sites is 1. The summed E-state index contributed by atoms with van der Waals surface area (Å²) in [5, 5.41) is 7.85. The standard InChI is InChI=1S/C18H20N6O/c1-23(2)16-9-15(21-14-6-4-3-5-13(14)16)18(25)24-8-7-12(10-24)17-19-11-20-22-17/h3-6,9,11-12H,7-8,10H2,1-2H3,(H,19,20,22). The maximum Gasteiger partial charge on any atom is 0.272 e. The van der Waals surface area contributed by atoms with Gasteiger partial charge in [0, 0.05) is 44.2 Å². The largest absolute Gasteiger partial charge is 0.377 e. The molecular formula is C18H20N6O. The number of hydrogen-bond donors (Lipinski definition) is 1. The Balaban J connectivity index is 1.64. The second-order valence-electron chi connectivity index (χ2n) is 6.55. The van der Waals surface area contributed by atoms with E-state index in [0.717, 1.165) is 28.8 Å². The fraction of sp³-hybridized carbons (Fsp3) is 0.333. The first kappa shape index (κ1) is 15.6. The first-order valence-electron chi connectivity index (χ1n) is 8.35. The molecule has 0 aliphatic carbocycles. The van der Waals surface area contributed by atoms with Crippen molar-refractivity contribution in [3.63, 3.8) is 0 Å². The number of anilines is 1. The Morgan fingerprint density at radius 1 is 1.32 bits per heavy atom. The molecule has 7 heteroatoms. The third kappa shape index (κ3) is 2.82. The molecule has 1 saturated heterocycles. The molecule has 0 bridgehead atoms. The molecule has 3 heterocycles. The lowest BCUT2D eigenvalue weighted by molar-refractivity contribution is 0.0785. The van der Waals surface area contributed by atoms with Gasteiger partial charge in [0.2, 0.25) is 0 Å². The Hall–Kier alpha value is -2.96. The zero-order chi connectivity index (χ0) is 17.4. The van der Waals surface area contributed by atoms with Crippen LogP contribution in [0.5, 0.6) is 0 Å². The van der Waals surface area contributed by atoms with Crippen LogP contribution < -0.4 is 4.90 Å². The number of rotatable bonds is 3.